The molecule has 0 unspecified atom stereocenters. The van der Waals surface area contributed by atoms with E-state index in [4.69, 9.17) is 19.4 Å². The largest absolute Gasteiger partial charge is 0.488 e. The molecule has 4 rings (SSSR count). The zero-order chi connectivity index (χ0) is 24.0. The van der Waals surface area contributed by atoms with Crippen LogP contribution in [0, 0.1) is 17.8 Å². The van der Waals surface area contributed by atoms with Gasteiger partial charge in [0.25, 0.3) is 6.47 Å². The Morgan fingerprint density at radius 1 is 1.12 bits per heavy atom. The number of aliphatic hydroxyl groups is 1. The highest BCUT2D eigenvalue weighted by atomic mass is 16.5. The molecule has 2 saturated heterocycles. The molecular weight excluding hydrogens is 428 g/mol. The summed E-state index contributed by atoms with van der Waals surface area (Å²) < 4.78 is 10.8. The van der Waals surface area contributed by atoms with Crippen molar-refractivity contribution in [2.45, 2.75) is 37.9 Å². The number of likely N-dealkylation sites (tertiary alicyclic amines) is 2. The third-order valence-corrected chi connectivity index (χ3v) is 7.01. The highest BCUT2D eigenvalue weighted by Crippen LogP contribution is 2.39. The van der Waals surface area contributed by atoms with Gasteiger partial charge in [0.15, 0.2) is 0 Å². The van der Waals surface area contributed by atoms with Crippen molar-refractivity contribution in [1.82, 2.24) is 9.80 Å². The lowest BCUT2D eigenvalue weighted by molar-refractivity contribution is -0.136. The molecule has 2 N–H and O–H groups in total. The van der Waals surface area contributed by atoms with Gasteiger partial charge in [0.1, 0.15) is 11.9 Å². The van der Waals surface area contributed by atoms with Crippen molar-refractivity contribution in [1.29, 1.82) is 0 Å². The van der Waals surface area contributed by atoms with Crippen molar-refractivity contribution in [2.24, 2.45) is 17.8 Å². The fourth-order valence-corrected chi connectivity index (χ4v) is 5.20. The Kier molecular flexibility index (Phi) is 8.68. The lowest BCUT2D eigenvalue weighted by Crippen LogP contribution is -2.42. The zero-order valence-corrected chi connectivity index (χ0v) is 19.3. The van der Waals surface area contributed by atoms with Gasteiger partial charge in [0.2, 0.25) is 5.91 Å². The van der Waals surface area contributed by atoms with Gasteiger partial charge in [-0.15, -0.1) is 0 Å². The van der Waals surface area contributed by atoms with E-state index < -0.39 is 12.1 Å². The second kappa shape index (κ2) is 11.5. The molecule has 1 amide bonds. The summed E-state index contributed by atoms with van der Waals surface area (Å²) >= 11 is 0. The van der Waals surface area contributed by atoms with Crippen molar-refractivity contribution in [3.63, 3.8) is 0 Å². The molecule has 182 valence electrons. The molecule has 0 aromatic heterocycles. The van der Waals surface area contributed by atoms with Gasteiger partial charge in [-0.3, -0.25) is 9.59 Å². The summed E-state index contributed by atoms with van der Waals surface area (Å²) in [4.78, 5) is 37.4. The summed E-state index contributed by atoms with van der Waals surface area (Å²) in [5, 5.41) is 17.6. The van der Waals surface area contributed by atoms with Crippen LogP contribution in [-0.4, -0.2) is 90.9 Å². The first kappa shape index (κ1) is 25.0. The van der Waals surface area contributed by atoms with Crippen molar-refractivity contribution >= 4 is 18.3 Å². The normalized spacial score (nSPS) is 27.7. The van der Waals surface area contributed by atoms with Gasteiger partial charge in [0, 0.05) is 19.0 Å². The number of aliphatic hydroxyl groups excluding tert-OH is 1. The van der Waals surface area contributed by atoms with E-state index in [9.17, 15) is 14.7 Å². The molecule has 0 radical (unpaired) electrons. The number of methoxy groups -OCH3 is 1. The monoisotopic (exact) mass is 462 g/mol. The van der Waals surface area contributed by atoms with Crippen molar-refractivity contribution in [3.05, 3.63) is 29.8 Å². The van der Waals surface area contributed by atoms with Crippen LogP contribution in [-0.2, 0) is 14.3 Å². The summed E-state index contributed by atoms with van der Waals surface area (Å²) in [6.07, 6.45) is 2.32. The number of rotatable bonds is 4. The number of ether oxygens (including phenoxy) is 2. The van der Waals surface area contributed by atoms with Gasteiger partial charge in [-0.1, -0.05) is 6.07 Å². The molecule has 2 heterocycles. The van der Waals surface area contributed by atoms with Gasteiger partial charge >= 0.3 is 5.97 Å². The number of fused-ring (bicyclic) bond motifs is 1. The van der Waals surface area contributed by atoms with Gasteiger partial charge < -0.3 is 29.5 Å². The Labute approximate surface area is 194 Å². The van der Waals surface area contributed by atoms with E-state index in [2.05, 4.69) is 11.9 Å². The molecule has 2 aliphatic heterocycles. The number of carbonyl (C=O) groups excluding carboxylic acids is 2. The van der Waals surface area contributed by atoms with Crippen LogP contribution < -0.4 is 4.74 Å². The third-order valence-electron chi connectivity index (χ3n) is 7.01. The first-order valence-corrected chi connectivity index (χ1v) is 11.4. The Balaban J connectivity index is 0.000000968. The Morgan fingerprint density at radius 3 is 2.39 bits per heavy atom. The van der Waals surface area contributed by atoms with Crippen LogP contribution in [0.25, 0.3) is 0 Å². The summed E-state index contributed by atoms with van der Waals surface area (Å²) in [5.41, 5.74) is 0.425. The molecule has 0 bridgehead atoms. The number of benzene rings is 1. The average molecular weight is 463 g/mol. The molecule has 0 spiro atoms. The van der Waals surface area contributed by atoms with Crippen LogP contribution in [0.2, 0.25) is 0 Å². The summed E-state index contributed by atoms with van der Waals surface area (Å²) in [7, 11) is 3.45. The van der Waals surface area contributed by atoms with E-state index in [0.717, 1.165) is 39.0 Å². The molecule has 1 aromatic rings. The molecule has 9 nitrogen and oxygen atoms in total. The summed E-state index contributed by atoms with van der Waals surface area (Å²) in [5.74, 6) is 1.24. The Morgan fingerprint density at radius 2 is 1.76 bits per heavy atom. The van der Waals surface area contributed by atoms with E-state index in [1.807, 2.05) is 4.90 Å². The standard InChI is InChI=1S/C23H32N2O5.CH2O2/c1-24-8-6-15(7-9-24)22(27)25-13-17-11-20(26)21(12-18(17)14-25)30-19-5-3-4-16(10-19)23(28)29-2;2-1-3/h3-5,10,15,17-18,20-21,26H,6-9,11-14H2,1-2H3;1H,(H,2,3)/t17-,18+,20+,21+;/m0./s1. The van der Waals surface area contributed by atoms with Gasteiger partial charge in [-0.25, -0.2) is 4.79 Å². The van der Waals surface area contributed by atoms with Gasteiger partial charge in [0.05, 0.1) is 18.8 Å². The lowest BCUT2D eigenvalue weighted by Gasteiger charge is -2.35. The number of nitrogens with zero attached hydrogens (tertiary/aromatic N) is 2. The Hall–Kier alpha value is -2.65. The summed E-state index contributed by atoms with van der Waals surface area (Å²) in [6.45, 7) is 3.22. The first-order chi connectivity index (χ1) is 15.9. The number of carbonyl (C=O) groups is 3. The molecular formula is C24H34N2O7. The van der Waals surface area contributed by atoms with Crippen LogP contribution in [0.3, 0.4) is 0 Å². The van der Waals surface area contributed by atoms with Crippen LogP contribution >= 0.6 is 0 Å². The third kappa shape index (κ3) is 6.23. The molecule has 3 fully saturated rings. The minimum absolute atomic E-state index is 0.138. The zero-order valence-electron chi connectivity index (χ0n) is 19.3. The minimum atomic E-state index is -0.577. The predicted molar refractivity (Wildman–Crippen MR) is 120 cm³/mol. The minimum Gasteiger partial charge on any atom is -0.488 e. The van der Waals surface area contributed by atoms with Crippen LogP contribution in [0.4, 0.5) is 0 Å². The second-order valence-corrected chi connectivity index (χ2v) is 9.16. The fourth-order valence-electron chi connectivity index (χ4n) is 5.20. The van der Waals surface area contributed by atoms with Gasteiger partial charge in [-0.2, -0.15) is 0 Å². The number of hydrogen-bond acceptors (Lipinski definition) is 7. The highest BCUT2D eigenvalue weighted by Gasteiger charge is 2.45. The number of hydrogen-bond donors (Lipinski definition) is 2. The van der Waals surface area contributed by atoms with Crippen LogP contribution in [0.15, 0.2) is 24.3 Å². The van der Waals surface area contributed by atoms with Crippen molar-refractivity contribution in [2.75, 3.05) is 40.3 Å². The average Bonchev–Trinajstić information content (AvgIpc) is 3.22. The van der Waals surface area contributed by atoms with E-state index in [-0.39, 0.29) is 24.4 Å². The van der Waals surface area contributed by atoms with Crippen LogP contribution in [0.1, 0.15) is 36.0 Å². The van der Waals surface area contributed by atoms with Gasteiger partial charge in [-0.05, 0) is 75.9 Å². The molecule has 4 atom stereocenters. The maximum Gasteiger partial charge on any atom is 0.337 e. The van der Waals surface area contributed by atoms with E-state index in [1.54, 1.807) is 24.3 Å². The highest BCUT2D eigenvalue weighted by molar-refractivity contribution is 5.89. The predicted octanol–water partition coefficient (Wildman–Crippen LogP) is 1.49. The first-order valence-electron chi connectivity index (χ1n) is 11.4. The Bertz CT molecular complexity index is 825. The molecule has 1 aromatic carbocycles. The van der Waals surface area contributed by atoms with Crippen molar-refractivity contribution in [3.8, 4) is 5.75 Å². The topological polar surface area (TPSA) is 117 Å². The molecule has 9 heteroatoms. The number of piperidine rings is 1. The SMILES string of the molecule is COC(=O)c1cccc(O[C@@H]2C[C@@H]3CN(C(=O)C4CCN(C)CC4)C[C@@H]3C[C@H]2O)c1.O=CO. The molecule has 3 aliphatic rings. The number of amides is 1. The smallest absolute Gasteiger partial charge is 0.337 e. The summed E-state index contributed by atoms with van der Waals surface area (Å²) in [6, 6.07) is 6.86. The van der Waals surface area contributed by atoms with Crippen LogP contribution in [0.5, 0.6) is 5.75 Å². The second-order valence-electron chi connectivity index (χ2n) is 9.16. The molecule has 33 heavy (non-hydrogen) atoms. The number of carboxylic acid groups (broad SMARTS) is 1. The number of esters is 1. The fraction of sp³-hybridized carbons (Fsp3) is 0.625. The molecule has 1 aliphatic carbocycles. The lowest BCUT2D eigenvalue weighted by atomic mass is 9.78. The van der Waals surface area contributed by atoms with Crippen molar-refractivity contribution < 1.29 is 34.1 Å². The van der Waals surface area contributed by atoms with E-state index >= 15 is 0 Å². The maximum atomic E-state index is 13.0. The quantitative estimate of drug-likeness (QED) is 0.511. The molecule has 1 saturated carbocycles. The van der Waals surface area contributed by atoms with E-state index in [0.29, 0.717) is 36.0 Å². The maximum absolute atomic E-state index is 13.0. The van der Waals surface area contributed by atoms with E-state index in [1.165, 1.54) is 7.11 Å².